The van der Waals surface area contributed by atoms with Gasteiger partial charge in [-0.1, -0.05) is 42.5 Å². The molecule has 0 aliphatic rings. The topological polar surface area (TPSA) is 38.7 Å². The quantitative estimate of drug-likeness (QED) is 0.540. The first kappa shape index (κ1) is 13.6. The van der Waals surface area contributed by atoms with Gasteiger partial charge in [-0.2, -0.15) is 0 Å². The number of pyridine rings is 1. The molecule has 0 N–H and O–H groups in total. The molecule has 0 amide bonds. The Balaban J connectivity index is 1.94. The summed E-state index contributed by atoms with van der Waals surface area (Å²) in [5, 5.41) is 1.10. The van der Waals surface area contributed by atoms with Crippen molar-refractivity contribution in [1.82, 2.24) is 15.0 Å². The second-order valence-corrected chi connectivity index (χ2v) is 5.49. The lowest BCUT2D eigenvalue weighted by molar-refractivity contribution is 1.13. The summed E-state index contributed by atoms with van der Waals surface area (Å²) in [6, 6.07) is 20.4. The molecule has 0 bridgehead atoms. The highest BCUT2D eigenvalue weighted by molar-refractivity contribution is 5.87. The van der Waals surface area contributed by atoms with E-state index in [9.17, 15) is 0 Å². The number of aromatic nitrogens is 3. The van der Waals surface area contributed by atoms with Crippen LogP contribution in [0.3, 0.4) is 0 Å². The molecule has 0 aliphatic heterocycles. The lowest BCUT2D eigenvalue weighted by Gasteiger charge is -2.10. The first-order chi connectivity index (χ1) is 11.3. The molecule has 2 aromatic carbocycles. The van der Waals surface area contributed by atoms with Crippen LogP contribution in [0.4, 0.5) is 0 Å². The molecule has 3 heteroatoms. The zero-order valence-electron chi connectivity index (χ0n) is 12.8. The normalized spacial score (nSPS) is 10.8. The highest BCUT2D eigenvalue weighted by atomic mass is 14.8. The Labute approximate surface area is 134 Å². The van der Waals surface area contributed by atoms with Crippen LogP contribution in [0, 0.1) is 6.92 Å². The van der Waals surface area contributed by atoms with Crippen LogP contribution in [0.25, 0.3) is 33.4 Å². The number of rotatable bonds is 2. The molecular formula is C20H15N3. The van der Waals surface area contributed by atoms with Crippen LogP contribution in [0.15, 0.2) is 73.1 Å². The fourth-order valence-electron chi connectivity index (χ4n) is 2.71. The van der Waals surface area contributed by atoms with Gasteiger partial charge >= 0.3 is 0 Å². The lowest BCUT2D eigenvalue weighted by atomic mass is 10.0. The average molecular weight is 297 g/mol. The minimum Gasteiger partial charge on any atom is -0.256 e. The third-order valence-electron chi connectivity index (χ3n) is 3.82. The van der Waals surface area contributed by atoms with Gasteiger partial charge in [-0.3, -0.25) is 9.97 Å². The number of benzene rings is 2. The summed E-state index contributed by atoms with van der Waals surface area (Å²) in [7, 11) is 0. The summed E-state index contributed by atoms with van der Waals surface area (Å²) in [6.07, 6.45) is 3.62. The lowest BCUT2D eigenvalue weighted by Crippen LogP contribution is -1.95. The molecule has 0 spiro atoms. The minimum atomic E-state index is 0.896. The number of hydrogen-bond donors (Lipinski definition) is 0. The van der Waals surface area contributed by atoms with Crippen LogP contribution in [0.1, 0.15) is 5.69 Å². The van der Waals surface area contributed by atoms with Crippen LogP contribution >= 0.6 is 0 Å². The molecule has 4 aromatic rings. The van der Waals surface area contributed by atoms with E-state index in [1.165, 1.54) is 0 Å². The highest BCUT2D eigenvalue weighted by Gasteiger charge is 2.11. The molecule has 0 atom stereocenters. The van der Waals surface area contributed by atoms with Crippen molar-refractivity contribution >= 4 is 10.9 Å². The molecule has 0 unspecified atom stereocenters. The van der Waals surface area contributed by atoms with Crippen molar-refractivity contribution in [2.45, 2.75) is 6.92 Å². The fraction of sp³-hybridized carbons (Fsp3) is 0.0500. The summed E-state index contributed by atoms with van der Waals surface area (Å²) < 4.78 is 0. The van der Waals surface area contributed by atoms with Crippen molar-refractivity contribution in [1.29, 1.82) is 0 Å². The van der Waals surface area contributed by atoms with E-state index in [2.05, 4.69) is 40.3 Å². The van der Waals surface area contributed by atoms with Gasteiger partial charge in [0.25, 0.3) is 0 Å². The van der Waals surface area contributed by atoms with Gasteiger partial charge in [0.05, 0.1) is 22.6 Å². The third kappa shape index (κ3) is 2.57. The number of nitrogens with zero attached hydrogens (tertiary/aromatic N) is 3. The van der Waals surface area contributed by atoms with E-state index in [1.807, 2.05) is 49.6 Å². The van der Waals surface area contributed by atoms with Gasteiger partial charge < -0.3 is 0 Å². The van der Waals surface area contributed by atoms with E-state index < -0.39 is 0 Å². The maximum atomic E-state index is 4.72. The van der Waals surface area contributed by atoms with Crippen molar-refractivity contribution < 1.29 is 0 Å². The van der Waals surface area contributed by atoms with Crippen molar-refractivity contribution in [3.05, 3.63) is 78.8 Å². The van der Waals surface area contributed by atoms with Crippen molar-refractivity contribution in [3.63, 3.8) is 0 Å². The molecule has 2 aromatic heterocycles. The molecule has 0 radical (unpaired) electrons. The van der Waals surface area contributed by atoms with Gasteiger partial charge in [-0.05, 0) is 25.1 Å². The Kier molecular flexibility index (Phi) is 3.31. The van der Waals surface area contributed by atoms with E-state index in [1.54, 1.807) is 0 Å². The maximum Gasteiger partial charge on any atom is 0.0968 e. The Bertz CT molecular complexity index is 978. The monoisotopic (exact) mass is 297 g/mol. The number of aryl methyl sites for hydroxylation is 1. The summed E-state index contributed by atoms with van der Waals surface area (Å²) in [5.41, 5.74) is 5.83. The second kappa shape index (κ2) is 5.61. The predicted molar refractivity (Wildman–Crippen MR) is 92.9 cm³/mol. The van der Waals surface area contributed by atoms with Crippen LogP contribution < -0.4 is 0 Å². The first-order valence-corrected chi connectivity index (χ1v) is 7.55. The molecule has 0 saturated heterocycles. The van der Waals surface area contributed by atoms with Crippen LogP contribution in [-0.2, 0) is 0 Å². The van der Waals surface area contributed by atoms with Gasteiger partial charge in [-0.15, -0.1) is 0 Å². The van der Waals surface area contributed by atoms with Gasteiger partial charge in [0, 0.05) is 28.9 Å². The maximum absolute atomic E-state index is 4.72. The van der Waals surface area contributed by atoms with E-state index in [4.69, 9.17) is 4.98 Å². The van der Waals surface area contributed by atoms with Gasteiger partial charge in [0.2, 0.25) is 0 Å². The molecule has 2 heterocycles. The Morgan fingerprint density at radius 2 is 1.61 bits per heavy atom. The van der Waals surface area contributed by atoms with Gasteiger partial charge in [0.1, 0.15) is 0 Å². The Hall–Kier alpha value is -3.07. The molecule has 4 rings (SSSR count). The van der Waals surface area contributed by atoms with Crippen molar-refractivity contribution in [3.8, 4) is 22.5 Å². The molecular weight excluding hydrogens is 282 g/mol. The fourth-order valence-corrected chi connectivity index (χ4v) is 2.71. The van der Waals surface area contributed by atoms with Gasteiger partial charge in [-0.25, -0.2) is 4.98 Å². The van der Waals surface area contributed by atoms with E-state index >= 15 is 0 Å². The largest absolute Gasteiger partial charge is 0.256 e. The molecule has 0 saturated carbocycles. The zero-order valence-corrected chi connectivity index (χ0v) is 12.8. The van der Waals surface area contributed by atoms with Crippen LogP contribution in [0.2, 0.25) is 0 Å². The second-order valence-electron chi connectivity index (χ2n) is 5.49. The first-order valence-electron chi connectivity index (χ1n) is 7.55. The van der Waals surface area contributed by atoms with Crippen molar-refractivity contribution in [2.75, 3.05) is 0 Å². The van der Waals surface area contributed by atoms with Gasteiger partial charge in [0.15, 0.2) is 0 Å². The number of hydrogen-bond acceptors (Lipinski definition) is 3. The molecule has 3 nitrogen and oxygen atoms in total. The minimum absolute atomic E-state index is 0.896. The molecule has 23 heavy (non-hydrogen) atoms. The summed E-state index contributed by atoms with van der Waals surface area (Å²) in [4.78, 5) is 13.7. The standard InChI is InChI=1S/C20H15N3/c1-14-13-22-19(20(23-14)15-6-3-2-4-7-15)17-9-10-18-16(12-17)8-5-11-21-18/h2-13H,1H3. The van der Waals surface area contributed by atoms with Crippen molar-refractivity contribution in [2.24, 2.45) is 0 Å². The number of fused-ring (bicyclic) bond motifs is 1. The van der Waals surface area contributed by atoms with E-state index in [-0.39, 0.29) is 0 Å². The van der Waals surface area contributed by atoms with E-state index in [0.717, 1.165) is 39.1 Å². The zero-order chi connectivity index (χ0) is 15.6. The summed E-state index contributed by atoms with van der Waals surface area (Å²) >= 11 is 0. The summed E-state index contributed by atoms with van der Waals surface area (Å²) in [5.74, 6) is 0. The molecule has 0 fully saturated rings. The Morgan fingerprint density at radius 3 is 2.48 bits per heavy atom. The Morgan fingerprint density at radius 1 is 0.739 bits per heavy atom. The molecule has 0 aliphatic carbocycles. The van der Waals surface area contributed by atoms with Crippen LogP contribution in [0.5, 0.6) is 0 Å². The SMILES string of the molecule is Cc1cnc(-c2ccc3ncccc3c2)c(-c2ccccc2)n1. The summed E-state index contributed by atoms with van der Waals surface area (Å²) in [6.45, 7) is 1.97. The molecule has 110 valence electrons. The third-order valence-corrected chi connectivity index (χ3v) is 3.82. The highest BCUT2D eigenvalue weighted by Crippen LogP contribution is 2.30. The van der Waals surface area contributed by atoms with Crippen LogP contribution in [-0.4, -0.2) is 15.0 Å². The smallest absolute Gasteiger partial charge is 0.0968 e. The average Bonchev–Trinajstić information content (AvgIpc) is 2.62. The predicted octanol–water partition coefficient (Wildman–Crippen LogP) is 4.67. The van der Waals surface area contributed by atoms with E-state index in [0.29, 0.717) is 0 Å².